The van der Waals surface area contributed by atoms with Gasteiger partial charge in [-0.1, -0.05) is 13.0 Å². The van der Waals surface area contributed by atoms with E-state index in [1.54, 1.807) is 25.1 Å². The summed E-state index contributed by atoms with van der Waals surface area (Å²) in [6.45, 7) is 4.21. The molecule has 1 amide bonds. The van der Waals surface area contributed by atoms with Crippen LogP contribution in [0.25, 0.3) is 0 Å². The molecule has 1 aliphatic heterocycles. The Hall–Kier alpha value is -3.79. The van der Waals surface area contributed by atoms with Gasteiger partial charge in [-0.25, -0.2) is 9.59 Å². The van der Waals surface area contributed by atoms with Gasteiger partial charge in [-0.15, -0.1) is 11.3 Å². The molecule has 0 unspecified atom stereocenters. The molecule has 0 bridgehead atoms. The maximum absolute atomic E-state index is 13.2. The molecule has 3 aromatic rings. The molecule has 3 heterocycles. The first-order chi connectivity index (χ1) is 16.9. The van der Waals surface area contributed by atoms with Gasteiger partial charge in [0.15, 0.2) is 18.1 Å². The minimum atomic E-state index is -0.723. The van der Waals surface area contributed by atoms with E-state index < -0.39 is 24.5 Å². The molecule has 1 N–H and O–H groups in total. The number of aromatic amines is 1. The van der Waals surface area contributed by atoms with Crippen LogP contribution in [0, 0.1) is 6.92 Å². The number of nitrogens with zero attached hydrogens (tertiary/aromatic N) is 1. The minimum absolute atomic E-state index is 0.124. The summed E-state index contributed by atoms with van der Waals surface area (Å²) >= 11 is 1.52. The number of hydrogen-bond donors (Lipinski definition) is 1. The molecule has 0 atom stereocenters. The van der Waals surface area contributed by atoms with Gasteiger partial charge in [0.1, 0.15) is 18.9 Å². The molecule has 0 fully saturated rings. The van der Waals surface area contributed by atoms with Crippen molar-refractivity contribution in [1.82, 2.24) is 4.98 Å². The lowest BCUT2D eigenvalue weighted by atomic mass is 10.1. The molecule has 35 heavy (non-hydrogen) atoms. The molecular weight excluding hydrogens is 472 g/mol. The van der Waals surface area contributed by atoms with Crippen LogP contribution in [-0.2, 0) is 27.2 Å². The summed E-state index contributed by atoms with van der Waals surface area (Å²) in [7, 11) is 1.28. The van der Waals surface area contributed by atoms with Crippen molar-refractivity contribution in [3.05, 3.63) is 63.1 Å². The fourth-order valence-corrected chi connectivity index (χ4v) is 4.56. The van der Waals surface area contributed by atoms with Crippen LogP contribution in [0.15, 0.2) is 35.7 Å². The predicted octanol–water partition coefficient (Wildman–Crippen LogP) is 3.90. The van der Waals surface area contributed by atoms with Crippen LogP contribution in [0.3, 0.4) is 0 Å². The second kappa shape index (κ2) is 10.6. The standard InChI is InChI=1S/C25H26N2O7S/c1-4-18-22(24(29)31-3)15(2)23(26-18)25(30)34-14-21(28)27(13-17-6-5-11-35-17)16-7-8-19-20(12-16)33-10-9-32-19/h5-8,11-12,26H,4,9-10,13-14H2,1-3H3. The van der Waals surface area contributed by atoms with Crippen molar-refractivity contribution in [3.8, 4) is 11.5 Å². The second-order valence-electron chi connectivity index (χ2n) is 7.79. The van der Waals surface area contributed by atoms with Crippen molar-refractivity contribution in [2.45, 2.75) is 26.8 Å². The zero-order valence-electron chi connectivity index (χ0n) is 19.7. The lowest BCUT2D eigenvalue weighted by molar-refractivity contribution is -0.121. The van der Waals surface area contributed by atoms with E-state index >= 15 is 0 Å². The van der Waals surface area contributed by atoms with Gasteiger partial charge in [0.25, 0.3) is 5.91 Å². The molecule has 0 saturated carbocycles. The van der Waals surface area contributed by atoms with Gasteiger partial charge in [-0.05, 0) is 42.5 Å². The van der Waals surface area contributed by atoms with Crippen LogP contribution in [0.5, 0.6) is 11.5 Å². The zero-order chi connectivity index (χ0) is 24.9. The van der Waals surface area contributed by atoms with E-state index in [4.69, 9.17) is 18.9 Å². The Morgan fingerprint density at radius 3 is 2.57 bits per heavy atom. The number of hydrogen-bond acceptors (Lipinski definition) is 8. The number of H-pyrrole nitrogens is 1. The molecule has 184 valence electrons. The quantitative estimate of drug-likeness (QED) is 0.470. The van der Waals surface area contributed by atoms with Crippen LogP contribution >= 0.6 is 11.3 Å². The van der Waals surface area contributed by atoms with Gasteiger partial charge in [0.2, 0.25) is 0 Å². The molecule has 0 aliphatic carbocycles. The third-order valence-electron chi connectivity index (χ3n) is 5.63. The van der Waals surface area contributed by atoms with Crippen molar-refractivity contribution in [2.24, 2.45) is 0 Å². The third kappa shape index (κ3) is 5.17. The van der Waals surface area contributed by atoms with Crippen LogP contribution in [0.2, 0.25) is 0 Å². The summed E-state index contributed by atoms with van der Waals surface area (Å²) < 4.78 is 21.4. The van der Waals surface area contributed by atoms with E-state index in [2.05, 4.69) is 4.98 Å². The first kappa shape index (κ1) is 24.3. The topological polar surface area (TPSA) is 107 Å². The van der Waals surface area contributed by atoms with Crippen molar-refractivity contribution >= 4 is 34.9 Å². The monoisotopic (exact) mass is 498 g/mol. The van der Waals surface area contributed by atoms with Gasteiger partial charge in [-0.2, -0.15) is 0 Å². The molecule has 1 aliphatic rings. The highest BCUT2D eigenvalue weighted by Gasteiger charge is 2.26. The highest BCUT2D eigenvalue weighted by Crippen LogP contribution is 2.35. The Balaban J connectivity index is 1.53. The summed E-state index contributed by atoms with van der Waals surface area (Å²) in [6.07, 6.45) is 0.496. The molecule has 0 radical (unpaired) electrons. The van der Waals surface area contributed by atoms with Gasteiger partial charge in [-0.3, -0.25) is 4.79 Å². The number of ether oxygens (including phenoxy) is 4. The van der Waals surface area contributed by atoms with Gasteiger partial charge < -0.3 is 28.8 Å². The number of aromatic nitrogens is 1. The third-order valence-corrected chi connectivity index (χ3v) is 6.50. The van der Waals surface area contributed by atoms with Crippen LogP contribution in [0.4, 0.5) is 5.69 Å². The number of benzene rings is 1. The normalized spacial score (nSPS) is 12.2. The fraction of sp³-hybridized carbons (Fsp3) is 0.320. The molecule has 0 saturated heterocycles. The summed E-state index contributed by atoms with van der Waals surface area (Å²) in [5, 5.41) is 1.93. The zero-order valence-corrected chi connectivity index (χ0v) is 20.5. The maximum atomic E-state index is 13.2. The van der Waals surface area contributed by atoms with Gasteiger partial charge in [0.05, 0.1) is 19.2 Å². The number of anilines is 1. The minimum Gasteiger partial charge on any atom is -0.486 e. The molecule has 1 aromatic carbocycles. The van der Waals surface area contributed by atoms with Crippen LogP contribution in [0.1, 0.15) is 43.9 Å². The van der Waals surface area contributed by atoms with E-state index in [9.17, 15) is 14.4 Å². The Bertz CT molecular complexity index is 1230. The van der Waals surface area contributed by atoms with Crippen molar-refractivity contribution < 1.29 is 33.3 Å². The number of methoxy groups -OCH3 is 1. The molecule has 2 aromatic heterocycles. The number of amides is 1. The molecular formula is C25H26N2O7S. The number of carbonyl (C=O) groups is 3. The number of esters is 2. The number of nitrogens with one attached hydrogen (secondary N) is 1. The summed E-state index contributed by atoms with van der Waals surface area (Å²) in [6, 6.07) is 9.11. The average Bonchev–Trinajstić information content (AvgIpc) is 3.52. The number of thiophene rings is 1. The fourth-order valence-electron chi connectivity index (χ4n) is 3.87. The Morgan fingerprint density at radius 2 is 1.89 bits per heavy atom. The Morgan fingerprint density at radius 1 is 1.11 bits per heavy atom. The largest absolute Gasteiger partial charge is 0.486 e. The van der Waals surface area contributed by atoms with E-state index in [1.807, 2.05) is 24.4 Å². The molecule has 0 spiro atoms. The molecule has 9 nitrogen and oxygen atoms in total. The lowest BCUT2D eigenvalue weighted by Gasteiger charge is -2.25. The second-order valence-corrected chi connectivity index (χ2v) is 8.82. The average molecular weight is 499 g/mol. The predicted molar refractivity (Wildman–Crippen MR) is 129 cm³/mol. The highest BCUT2D eigenvalue weighted by atomic mass is 32.1. The van der Waals surface area contributed by atoms with Crippen molar-refractivity contribution in [3.63, 3.8) is 0 Å². The van der Waals surface area contributed by atoms with Crippen molar-refractivity contribution in [2.75, 3.05) is 31.8 Å². The number of rotatable bonds is 8. The van der Waals surface area contributed by atoms with Crippen LogP contribution in [-0.4, -0.2) is 49.8 Å². The number of carbonyl (C=O) groups excluding carboxylic acids is 3. The van der Waals surface area contributed by atoms with E-state index in [0.717, 1.165) is 4.88 Å². The summed E-state index contributed by atoms with van der Waals surface area (Å²) in [4.78, 5) is 43.6. The first-order valence-electron chi connectivity index (χ1n) is 11.1. The first-order valence-corrected chi connectivity index (χ1v) is 12.0. The van der Waals surface area contributed by atoms with Gasteiger partial charge >= 0.3 is 11.9 Å². The Labute approximate surface area is 206 Å². The SMILES string of the molecule is CCc1[nH]c(C(=O)OCC(=O)N(Cc2cccs2)c2ccc3c(c2)OCCO3)c(C)c1C(=O)OC. The molecule has 10 heteroatoms. The van der Waals surface area contributed by atoms with Gasteiger partial charge in [0, 0.05) is 22.3 Å². The smallest absolute Gasteiger partial charge is 0.355 e. The van der Waals surface area contributed by atoms with E-state index in [-0.39, 0.29) is 5.69 Å². The van der Waals surface area contributed by atoms with E-state index in [1.165, 1.54) is 23.3 Å². The van der Waals surface area contributed by atoms with Crippen molar-refractivity contribution in [1.29, 1.82) is 0 Å². The molecule has 4 rings (SSSR count). The highest BCUT2D eigenvalue weighted by molar-refractivity contribution is 7.09. The lowest BCUT2D eigenvalue weighted by Crippen LogP contribution is -2.34. The van der Waals surface area contributed by atoms with Crippen LogP contribution < -0.4 is 14.4 Å². The Kier molecular flexibility index (Phi) is 7.40. The number of aryl methyl sites for hydroxylation is 1. The maximum Gasteiger partial charge on any atom is 0.355 e. The summed E-state index contributed by atoms with van der Waals surface area (Å²) in [5.74, 6) is -0.494. The van der Waals surface area contributed by atoms with E-state index in [0.29, 0.717) is 60.2 Å². The number of fused-ring (bicyclic) bond motifs is 1. The summed E-state index contributed by atoms with van der Waals surface area (Å²) in [5.41, 5.74) is 2.03.